The van der Waals surface area contributed by atoms with E-state index in [2.05, 4.69) is 146 Å². The van der Waals surface area contributed by atoms with Crippen LogP contribution in [-0.4, -0.2) is 9.38 Å². The van der Waals surface area contributed by atoms with Gasteiger partial charge in [0.05, 0.1) is 16.6 Å². The van der Waals surface area contributed by atoms with E-state index >= 15 is 0 Å². The van der Waals surface area contributed by atoms with Gasteiger partial charge < -0.3 is 0 Å². The molecule has 0 unspecified atom stereocenters. The van der Waals surface area contributed by atoms with E-state index in [4.69, 9.17) is 4.98 Å². The van der Waals surface area contributed by atoms with Crippen LogP contribution in [0.25, 0.3) is 93.7 Å². The largest absolute Gasteiger partial charge is 0.273 e. The molecule has 0 saturated carbocycles. The average Bonchev–Trinajstić information content (AvgIpc) is 3.55. The second-order valence-corrected chi connectivity index (χ2v) is 13.2. The molecule has 0 radical (unpaired) electrons. The summed E-state index contributed by atoms with van der Waals surface area (Å²) in [6, 6.07) is 61.8. The third kappa shape index (κ3) is 4.82. The topological polar surface area (TPSA) is 34.4 Å². The van der Waals surface area contributed by atoms with E-state index in [0.717, 1.165) is 66.1 Å². The van der Waals surface area contributed by atoms with Crippen LogP contribution in [0.2, 0.25) is 0 Å². The van der Waals surface area contributed by atoms with Gasteiger partial charge in [0.1, 0.15) is 0 Å². The third-order valence-corrected chi connectivity index (χ3v) is 10.2. The summed E-state index contributed by atoms with van der Waals surface area (Å²) < 4.78 is 1.85. The van der Waals surface area contributed by atoms with Gasteiger partial charge in [-0.05, 0) is 110 Å². The fourth-order valence-corrected chi connectivity index (χ4v) is 7.69. The van der Waals surface area contributed by atoms with Crippen molar-refractivity contribution >= 4 is 38.1 Å². The summed E-state index contributed by atoms with van der Waals surface area (Å²) in [5.41, 5.74) is 14.1. The summed E-state index contributed by atoms with van der Waals surface area (Å²) in [7, 11) is 0. The second-order valence-electron chi connectivity index (χ2n) is 13.2. The molecule has 0 aliphatic carbocycles. The predicted molar refractivity (Wildman–Crippen MR) is 212 cm³/mol. The van der Waals surface area contributed by atoms with Gasteiger partial charge >= 0.3 is 0 Å². The maximum Gasteiger partial charge on any atom is 0.263 e. The molecule has 3 heterocycles. The lowest BCUT2D eigenvalue weighted by Crippen LogP contribution is -2.13. The summed E-state index contributed by atoms with van der Waals surface area (Å²) in [4.78, 5) is 18.7. The molecule has 3 heteroatoms. The molecule has 238 valence electrons. The first-order chi connectivity index (χ1) is 25.2. The highest BCUT2D eigenvalue weighted by Crippen LogP contribution is 2.39. The van der Waals surface area contributed by atoms with Crippen molar-refractivity contribution in [3.05, 3.63) is 192 Å². The lowest BCUT2D eigenvalue weighted by Gasteiger charge is -2.13. The number of benzene rings is 7. The highest BCUT2D eigenvalue weighted by Gasteiger charge is 2.19. The summed E-state index contributed by atoms with van der Waals surface area (Å²) in [5, 5.41) is 3.63. The van der Waals surface area contributed by atoms with Crippen molar-refractivity contribution in [1.82, 2.24) is 9.38 Å². The van der Waals surface area contributed by atoms with Gasteiger partial charge in [-0.2, -0.15) is 0 Å². The van der Waals surface area contributed by atoms with Crippen molar-refractivity contribution in [2.45, 2.75) is 0 Å². The van der Waals surface area contributed by atoms with E-state index in [1.807, 2.05) is 40.9 Å². The van der Waals surface area contributed by atoms with Gasteiger partial charge in [0, 0.05) is 27.7 Å². The van der Waals surface area contributed by atoms with Crippen molar-refractivity contribution in [3.8, 4) is 55.6 Å². The van der Waals surface area contributed by atoms with E-state index < -0.39 is 0 Å². The number of aromatic nitrogens is 2. The van der Waals surface area contributed by atoms with Crippen molar-refractivity contribution in [2.24, 2.45) is 0 Å². The van der Waals surface area contributed by atoms with Crippen molar-refractivity contribution in [3.63, 3.8) is 0 Å². The Kier molecular flexibility index (Phi) is 6.65. The highest BCUT2D eigenvalue weighted by atomic mass is 16.1. The molecule has 0 saturated heterocycles. The molecular formula is C48H30N2O. The Balaban J connectivity index is 1.20. The van der Waals surface area contributed by atoms with Crippen molar-refractivity contribution < 1.29 is 0 Å². The number of hydrogen-bond acceptors (Lipinski definition) is 2. The molecule has 0 aliphatic rings. The fourth-order valence-electron chi connectivity index (χ4n) is 7.69. The van der Waals surface area contributed by atoms with Gasteiger partial charge in [-0.1, -0.05) is 121 Å². The summed E-state index contributed by atoms with van der Waals surface area (Å²) in [6.07, 6.45) is 1.86. The molecule has 10 aromatic rings. The minimum absolute atomic E-state index is 0.0141. The van der Waals surface area contributed by atoms with Crippen LogP contribution in [-0.2, 0) is 0 Å². The molecule has 0 atom stereocenters. The first kappa shape index (κ1) is 29.1. The van der Waals surface area contributed by atoms with Crippen LogP contribution in [0.15, 0.2) is 187 Å². The zero-order chi connectivity index (χ0) is 33.9. The van der Waals surface area contributed by atoms with Crippen molar-refractivity contribution in [1.29, 1.82) is 0 Å². The minimum Gasteiger partial charge on any atom is -0.273 e. The minimum atomic E-state index is -0.0141. The molecule has 10 rings (SSSR count). The standard InChI is InChI=1S/C48H30N2O/c51-48-43-20-8-7-19-41(43)46-47-42(23-24-49-46)44-30-37(21-22-45(44)50(47)48)40-28-38(35-17-9-15-33(25-35)31-11-3-1-4-12-31)27-39(29-40)36-18-10-16-34(26-36)32-13-5-2-6-14-32/h1-30H. The van der Waals surface area contributed by atoms with Gasteiger partial charge in [-0.15, -0.1) is 0 Å². The zero-order valence-corrected chi connectivity index (χ0v) is 27.6. The van der Waals surface area contributed by atoms with E-state index in [-0.39, 0.29) is 5.56 Å². The molecule has 0 spiro atoms. The van der Waals surface area contributed by atoms with Crippen LogP contribution in [0.1, 0.15) is 0 Å². The predicted octanol–water partition coefficient (Wildman–Crippen LogP) is 11.9. The SMILES string of the molecule is O=c1c2ccccc2c2nccc3c4cc(-c5cc(-c6cccc(-c7ccccc7)c6)cc(-c6cccc(-c7ccccc7)c6)c5)ccc4n1c32. The number of fused-ring (bicyclic) bond motifs is 5. The Labute approximate surface area is 294 Å². The molecule has 0 amide bonds. The zero-order valence-electron chi connectivity index (χ0n) is 27.6. The molecule has 51 heavy (non-hydrogen) atoms. The summed E-state index contributed by atoms with van der Waals surface area (Å²) in [6.45, 7) is 0. The normalized spacial score (nSPS) is 11.6. The highest BCUT2D eigenvalue weighted by molar-refractivity contribution is 6.19. The lowest BCUT2D eigenvalue weighted by molar-refractivity contribution is 1.20. The van der Waals surface area contributed by atoms with Crippen molar-refractivity contribution in [2.75, 3.05) is 0 Å². The summed E-state index contributed by atoms with van der Waals surface area (Å²) >= 11 is 0. The van der Waals surface area contributed by atoms with E-state index in [1.54, 1.807) is 0 Å². The van der Waals surface area contributed by atoms with E-state index in [1.165, 1.54) is 22.3 Å². The maximum atomic E-state index is 13.9. The summed E-state index contributed by atoms with van der Waals surface area (Å²) in [5.74, 6) is 0. The fraction of sp³-hybridized carbons (Fsp3) is 0. The number of rotatable bonds is 5. The van der Waals surface area contributed by atoms with Crippen LogP contribution in [0, 0.1) is 0 Å². The molecule has 3 nitrogen and oxygen atoms in total. The van der Waals surface area contributed by atoms with Crippen LogP contribution in [0.5, 0.6) is 0 Å². The third-order valence-electron chi connectivity index (χ3n) is 10.2. The molecule has 3 aromatic heterocycles. The van der Waals surface area contributed by atoms with Gasteiger partial charge in [0.15, 0.2) is 0 Å². The Morgan fingerprint density at radius 3 is 1.41 bits per heavy atom. The van der Waals surface area contributed by atoms with Gasteiger partial charge in [-0.25, -0.2) is 0 Å². The Bertz CT molecular complexity index is 2880. The second kappa shape index (κ2) is 11.6. The number of pyridine rings is 2. The quantitative estimate of drug-likeness (QED) is 0.174. The lowest BCUT2D eigenvalue weighted by atomic mass is 9.91. The van der Waals surface area contributed by atoms with Gasteiger partial charge in [0.25, 0.3) is 5.56 Å². The molecule has 0 fully saturated rings. The first-order valence-corrected chi connectivity index (χ1v) is 17.2. The Morgan fingerprint density at radius 1 is 0.353 bits per heavy atom. The van der Waals surface area contributed by atoms with E-state index in [0.29, 0.717) is 5.39 Å². The van der Waals surface area contributed by atoms with Crippen LogP contribution < -0.4 is 5.56 Å². The molecule has 0 N–H and O–H groups in total. The molecule has 0 bridgehead atoms. The first-order valence-electron chi connectivity index (χ1n) is 17.2. The maximum absolute atomic E-state index is 13.9. The van der Waals surface area contributed by atoms with Crippen LogP contribution in [0.4, 0.5) is 0 Å². The average molecular weight is 651 g/mol. The number of nitrogens with zero attached hydrogens (tertiary/aromatic N) is 2. The van der Waals surface area contributed by atoms with Crippen LogP contribution >= 0.6 is 0 Å². The Hall–Kier alpha value is -6.84. The van der Waals surface area contributed by atoms with E-state index in [9.17, 15) is 4.79 Å². The molecular weight excluding hydrogens is 621 g/mol. The van der Waals surface area contributed by atoms with Crippen LogP contribution in [0.3, 0.4) is 0 Å². The smallest absolute Gasteiger partial charge is 0.263 e. The Morgan fingerprint density at radius 2 is 0.824 bits per heavy atom. The van der Waals surface area contributed by atoms with Gasteiger partial charge in [-0.3, -0.25) is 14.2 Å². The molecule has 0 aliphatic heterocycles. The monoisotopic (exact) mass is 650 g/mol. The number of hydrogen-bond donors (Lipinski definition) is 0. The molecule has 7 aromatic carbocycles. The van der Waals surface area contributed by atoms with Gasteiger partial charge in [0.2, 0.25) is 0 Å².